The standard InChI is InChI=1S/C20H20ClFN4O2S/c1-20(14-10-28-7-6-17(14)29-19(23)26-20)13-8-12(3-4-15(13)22)25-18(27)16-5-2-11(21)9-24-16/h2-5,8-9,14,17H,6-7,10H2,1H3,(H2,23,26)(H,25,27)/t14?,17?,20-/m1/s1. The molecule has 3 heterocycles. The molecule has 3 atom stereocenters. The van der Waals surface area contributed by atoms with Crippen molar-refractivity contribution >= 4 is 40.1 Å². The van der Waals surface area contributed by atoms with Gasteiger partial charge >= 0.3 is 0 Å². The molecule has 1 fully saturated rings. The Kier molecular flexibility index (Phi) is 5.50. The summed E-state index contributed by atoms with van der Waals surface area (Å²) in [4.78, 5) is 21.1. The number of aliphatic imine (C=N–C) groups is 1. The number of hydrogen-bond acceptors (Lipinski definition) is 6. The number of halogens is 2. The number of rotatable bonds is 3. The van der Waals surface area contributed by atoms with E-state index in [1.807, 2.05) is 6.92 Å². The molecule has 0 aliphatic carbocycles. The second-order valence-electron chi connectivity index (χ2n) is 7.23. The van der Waals surface area contributed by atoms with Gasteiger partial charge in [-0.25, -0.2) is 9.37 Å². The number of aromatic nitrogens is 1. The fraction of sp³-hybridized carbons (Fsp3) is 0.350. The summed E-state index contributed by atoms with van der Waals surface area (Å²) in [6.45, 7) is 3.01. The number of ether oxygens (including phenoxy) is 1. The summed E-state index contributed by atoms with van der Waals surface area (Å²) < 4.78 is 20.6. The van der Waals surface area contributed by atoms with Crippen LogP contribution in [0.3, 0.4) is 0 Å². The van der Waals surface area contributed by atoms with Crippen molar-refractivity contribution in [3.63, 3.8) is 0 Å². The normalized spacial score (nSPS) is 26.4. The number of hydrogen-bond donors (Lipinski definition) is 2. The zero-order valence-electron chi connectivity index (χ0n) is 15.7. The predicted octanol–water partition coefficient (Wildman–Crippen LogP) is 3.81. The van der Waals surface area contributed by atoms with E-state index < -0.39 is 17.3 Å². The molecule has 152 valence electrons. The van der Waals surface area contributed by atoms with Crippen LogP contribution in [0.25, 0.3) is 0 Å². The van der Waals surface area contributed by atoms with E-state index in [0.717, 1.165) is 6.42 Å². The van der Waals surface area contributed by atoms with E-state index in [9.17, 15) is 9.18 Å². The van der Waals surface area contributed by atoms with Gasteiger partial charge in [-0.05, 0) is 43.7 Å². The smallest absolute Gasteiger partial charge is 0.274 e. The Hall–Kier alpha value is -2.16. The number of amidine groups is 1. The Morgan fingerprint density at radius 1 is 1.41 bits per heavy atom. The summed E-state index contributed by atoms with van der Waals surface area (Å²) in [5.41, 5.74) is 6.23. The van der Waals surface area contributed by atoms with Crippen LogP contribution in [0.1, 0.15) is 29.4 Å². The Bertz CT molecular complexity index is 971. The van der Waals surface area contributed by atoms with Gasteiger partial charge in [0.05, 0.1) is 17.2 Å². The molecule has 4 rings (SSSR count). The average molecular weight is 435 g/mol. The van der Waals surface area contributed by atoms with Gasteiger partial charge in [-0.15, -0.1) is 0 Å². The summed E-state index contributed by atoms with van der Waals surface area (Å²) in [5.74, 6) is -0.833. The van der Waals surface area contributed by atoms with E-state index in [1.54, 1.807) is 12.1 Å². The van der Waals surface area contributed by atoms with Crippen molar-refractivity contribution in [2.45, 2.75) is 24.1 Å². The van der Waals surface area contributed by atoms with Crippen LogP contribution in [-0.2, 0) is 10.3 Å². The summed E-state index contributed by atoms with van der Waals surface area (Å²) in [6, 6.07) is 7.56. The number of carbonyl (C=O) groups excluding carboxylic acids is 1. The number of benzene rings is 1. The van der Waals surface area contributed by atoms with Crippen LogP contribution in [-0.4, -0.2) is 34.5 Å². The van der Waals surface area contributed by atoms with Gasteiger partial charge in [-0.3, -0.25) is 9.79 Å². The first-order chi connectivity index (χ1) is 13.9. The highest BCUT2D eigenvalue weighted by atomic mass is 35.5. The van der Waals surface area contributed by atoms with Crippen molar-refractivity contribution in [3.05, 3.63) is 58.6 Å². The number of carbonyl (C=O) groups is 1. The number of pyridine rings is 1. The molecule has 0 saturated carbocycles. The van der Waals surface area contributed by atoms with Crippen LogP contribution in [0.5, 0.6) is 0 Å². The number of nitrogens with two attached hydrogens (primary N) is 1. The Balaban J connectivity index is 1.66. The van der Waals surface area contributed by atoms with E-state index in [2.05, 4.69) is 15.3 Å². The molecule has 0 bridgehead atoms. The maximum Gasteiger partial charge on any atom is 0.274 e. The summed E-state index contributed by atoms with van der Waals surface area (Å²) in [7, 11) is 0. The van der Waals surface area contributed by atoms with Crippen LogP contribution in [0.15, 0.2) is 41.5 Å². The van der Waals surface area contributed by atoms with E-state index in [4.69, 9.17) is 22.1 Å². The first-order valence-corrected chi connectivity index (χ1v) is 10.5. The first kappa shape index (κ1) is 20.1. The molecule has 0 radical (unpaired) electrons. The monoisotopic (exact) mass is 434 g/mol. The second kappa shape index (κ2) is 7.93. The summed E-state index contributed by atoms with van der Waals surface area (Å²) in [5, 5.41) is 3.85. The highest BCUT2D eigenvalue weighted by Gasteiger charge is 2.47. The minimum absolute atomic E-state index is 0.0214. The summed E-state index contributed by atoms with van der Waals surface area (Å²) in [6.07, 6.45) is 2.23. The first-order valence-electron chi connectivity index (χ1n) is 9.19. The SMILES string of the molecule is C[C@]1(c2cc(NC(=O)c3ccc(Cl)cn3)ccc2F)N=C(N)SC2CCOCC21. The molecule has 29 heavy (non-hydrogen) atoms. The zero-order valence-corrected chi connectivity index (χ0v) is 17.3. The third-order valence-electron chi connectivity index (χ3n) is 5.36. The lowest BCUT2D eigenvalue weighted by atomic mass is 9.76. The molecule has 1 aromatic carbocycles. The van der Waals surface area contributed by atoms with Crippen molar-refractivity contribution in [1.82, 2.24) is 4.98 Å². The third-order valence-corrected chi connectivity index (χ3v) is 6.78. The molecule has 2 aliphatic heterocycles. The maximum absolute atomic E-state index is 14.9. The molecule has 9 heteroatoms. The van der Waals surface area contributed by atoms with Crippen LogP contribution in [0.4, 0.5) is 10.1 Å². The lowest BCUT2D eigenvalue weighted by Crippen LogP contribution is -2.48. The molecule has 3 N–H and O–H groups in total. The molecule has 2 unspecified atom stereocenters. The van der Waals surface area contributed by atoms with Crippen molar-refractivity contribution < 1.29 is 13.9 Å². The Morgan fingerprint density at radius 3 is 3.00 bits per heavy atom. The highest BCUT2D eigenvalue weighted by molar-refractivity contribution is 8.14. The van der Waals surface area contributed by atoms with E-state index in [0.29, 0.717) is 34.7 Å². The van der Waals surface area contributed by atoms with Crippen molar-refractivity contribution in [2.24, 2.45) is 16.6 Å². The molecule has 1 aromatic heterocycles. The molecule has 2 aromatic rings. The zero-order chi connectivity index (χ0) is 20.6. The number of nitrogens with zero attached hydrogens (tertiary/aromatic N) is 2. The molecule has 1 saturated heterocycles. The Morgan fingerprint density at radius 2 is 2.24 bits per heavy atom. The van der Waals surface area contributed by atoms with E-state index >= 15 is 0 Å². The molecule has 1 amide bonds. The number of thioether (sulfide) groups is 1. The maximum atomic E-state index is 14.9. The number of nitrogens with one attached hydrogen (secondary N) is 1. The minimum Gasteiger partial charge on any atom is -0.381 e. The average Bonchev–Trinajstić information content (AvgIpc) is 2.69. The molecule has 2 aliphatic rings. The van der Waals surface area contributed by atoms with E-state index in [1.165, 1.54) is 36.2 Å². The number of fused-ring (bicyclic) bond motifs is 1. The van der Waals surface area contributed by atoms with Gasteiger partial charge in [-0.2, -0.15) is 0 Å². The fourth-order valence-electron chi connectivity index (χ4n) is 3.83. The molecular formula is C20H20ClFN4O2S. The van der Waals surface area contributed by atoms with Gasteiger partial charge in [0.25, 0.3) is 5.91 Å². The van der Waals surface area contributed by atoms with Crippen molar-refractivity contribution in [1.29, 1.82) is 0 Å². The van der Waals surface area contributed by atoms with Gasteiger partial charge in [0.2, 0.25) is 0 Å². The number of anilines is 1. The van der Waals surface area contributed by atoms with Crippen LogP contribution < -0.4 is 11.1 Å². The van der Waals surface area contributed by atoms with Crippen molar-refractivity contribution in [3.8, 4) is 0 Å². The topological polar surface area (TPSA) is 89.6 Å². The second-order valence-corrected chi connectivity index (χ2v) is 8.93. The van der Waals surface area contributed by atoms with Gasteiger partial charge < -0.3 is 15.8 Å². The van der Waals surface area contributed by atoms with Gasteiger partial charge in [0.15, 0.2) is 5.17 Å². The van der Waals surface area contributed by atoms with Crippen LogP contribution in [0.2, 0.25) is 5.02 Å². The van der Waals surface area contributed by atoms with Crippen LogP contribution in [0, 0.1) is 11.7 Å². The highest BCUT2D eigenvalue weighted by Crippen LogP contribution is 2.47. The van der Waals surface area contributed by atoms with Crippen LogP contribution >= 0.6 is 23.4 Å². The Labute approximate surface area is 177 Å². The molecule has 6 nitrogen and oxygen atoms in total. The van der Waals surface area contributed by atoms with Gasteiger partial charge in [0, 0.05) is 35.2 Å². The molecular weight excluding hydrogens is 415 g/mol. The molecule has 0 spiro atoms. The van der Waals surface area contributed by atoms with Gasteiger partial charge in [-0.1, -0.05) is 23.4 Å². The lowest BCUT2D eigenvalue weighted by Gasteiger charge is -2.45. The van der Waals surface area contributed by atoms with E-state index in [-0.39, 0.29) is 16.9 Å². The van der Waals surface area contributed by atoms with Crippen molar-refractivity contribution in [2.75, 3.05) is 18.5 Å². The summed E-state index contributed by atoms with van der Waals surface area (Å²) >= 11 is 7.34. The fourth-order valence-corrected chi connectivity index (χ4v) is 5.22. The largest absolute Gasteiger partial charge is 0.381 e. The third kappa shape index (κ3) is 3.97. The number of amides is 1. The lowest BCUT2D eigenvalue weighted by molar-refractivity contribution is 0.0280. The minimum atomic E-state index is -0.885. The van der Waals surface area contributed by atoms with Gasteiger partial charge in [0.1, 0.15) is 11.5 Å². The quantitative estimate of drug-likeness (QED) is 0.766. The predicted molar refractivity (Wildman–Crippen MR) is 113 cm³/mol.